The van der Waals surface area contributed by atoms with E-state index >= 15 is 0 Å². The van der Waals surface area contributed by atoms with Gasteiger partial charge in [0.05, 0.1) is 12.8 Å². The number of nitrogens with one attached hydrogen (secondary N) is 1. The zero-order chi connectivity index (χ0) is 9.97. The van der Waals surface area contributed by atoms with Crippen molar-refractivity contribution in [2.75, 3.05) is 24.7 Å². The lowest BCUT2D eigenvalue weighted by atomic mass is 10.2. The van der Waals surface area contributed by atoms with E-state index in [1.165, 1.54) is 16.3 Å². The lowest BCUT2D eigenvalue weighted by molar-refractivity contribution is 0.414. The van der Waals surface area contributed by atoms with Gasteiger partial charge in [-0.1, -0.05) is 6.92 Å². The molecule has 0 saturated carbocycles. The van der Waals surface area contributed by atoms with E-state index in [0.717, 1.165) is 18.2 Å². The molecule has 1 aromatic rings. The summed E-state index contributed by atoms with van der Waals surface area (Å²) in [7, 11) is 1.70. The predicted molar refractivity (Wildman–Crippen MR) is 61.4 cm³/mol. The molecule has 2 nitrogen and oxygen atoms in total. The van der Waals surface area contributed by atoms with Crippen LogP contribution in [0.1, 0.15) is 6.92 Å². The molecule has 0 fully saturated rings. The first-order chi connectivity index (χ1) is 6.79. The molecular weight excluding hydrogens is 194 g/mol. The summed E-state index contributed by atoms with van der Waals surface area (Å²) in [5.74, 6) is 2.83. The van der Waals surface area contributed by atoms with Crippen LogP contribution >= 0.6 is 11.8 Å². The summed E-state index contributed by atoms with van der Waals surface area (Å²) in [6.07, 6.45) is 0. The molecule has 1 aromatic carbocycles. The second-order valence-electron chi connectivity index (χ2n) is 3.66. The Labute approximate surface area is 89.0 Å². The fourth-order valence-electron chi connectivity index (χ4n) is 1.48. The number of benzene rings is 1. The lowest BCUT2D eigenvalue weighted by Gasteiger charge is -2.09. The highest BCUT2D eigenvalue weighted by molar-refractivity contribution is 7.99. The number of methoxy groups -OCH3 is 1. The molecule has 0 aliphatic carbocycles. The largest absolute Gasteiger partial charge is 0.497 e. The standard InChI is InChI=1S/C11H15NOS/c1-8-6-12-10-5-9(13-2)3-4-11(10)14-7-8/h3-5,8,12H,6-7H2,1-2H3. The molecule has 1 atom stereocenters. The van der Waals surface area contributed by atoms with Gasteiger partial charge in [0.2, 0.25) is 0 Å². The molecule has 0 radical (unpaired) electrons. The van der Waals surface area contributed by atoms with E-state index in [2.05, 4.69) is 24.4 Å². The summed E-state index contributed by atoms with van der Waals surface area (Å²) < 4.78 is 5.20. The van der Waals surface area contributed by atoms with E-state index in [0.29, 0.717) is 0 Å². The zero-order valence-electron chi connectivity index (χ0n) is 8.54. The van der Waals surface area contributed by atoms with Crippen LogP contribution < -0.4 is 10.1 Å². The highest BCUT2D eigenvalue weighted by atomic mass is 32.2. The van der Waals surface area contributed by atoms with Crippen LogP contribution in [0.3, 0.4) is 0 Å². The van der Waals surface area contributed by atoms with Crippen LogP contribution in [0.15, 0.2) is 23.1 Å². The molecule has 1 unspecified atom stereocenters. The van der Waals surface area contributed by atoms with E-state index in [1.54, 1.807) is 7.11 Å². The number of hydrogen-bond donors (Lipinski definition) is 1. The predicted octanol–water partition coefficient (Wildman–Crippen LogP) is 2.85. The lowest BCUT2D eigenvalue weighted by Crippen LogP contribution is -2.10. The number of fused-ring (bicyclic) bond motifs is 1. The minimum atomic E-state index is 0.721. The molecule has 0 amide bonds. The van der Waals surface area contributed by atoms with Crippen LogP contribution in [0.25, 0.3) is 0 Å². The van der Waals surface area contributed by atoms with Gasteiger partial charge < -0.3 is 10.1 Å². The van der Waals surface area contributed by atoms with Crippen molar-refractivity contribution in [1.82, 2.24) is 0 Å². The van der Waals surface area contributed by atoms with E-state index in [4.69, 9.17) is 4.74 Å². The van der Waals surface area contributed by atoms with Gasteiger partial charge in [0.1, 0.15) is 5.75 Å². The molecule has 1 N–H and O–H groups in total. The second kappa shape index (κ2) is 4.13. The van der Waals surface area contributed by atoms with Crippen LogP contribution in [0.4, 0.5) is 5.69 Å². The average molecular weight is 209 g/mol. The van der Waals surface area contributed by atoms with Gasteiger partial charge in [-0.3, -0.25) is 0 Å². The first-order valence-electron chi connectivity index (χ1n) is 4.84. The Bertz CT molecular complexity index is 327. The van der Waals surface area contributed by atoms with Gasteiger partial charge in [0.25, 0.3) is 0 Å². The second-order valence-corrected chi connectivity index (χ2v) is 4.72. The van der Waals surface area contributed by atoms with Crippen molar-refractivity contribution in [1.29, 1.82) is 0 Å². The molecule has 1 heterocycles. The molecule has 0 saturated heterocycles. The van der Waals surface area contributed by atoms with E-state index < -0.39 is 0 Å². The van der Waals surface area contributed by atoms with Crippen molar-refractivity contribution in [3.05, 3.63) is 18.2 Å². The van der Waals surface area contributed by atoms with Crippen molar-refractivity contribution >= 4 is 17.4 Å². The van der Waals surface area contributed by atoms with Crippen LogP contribution in [-0.4, -0.2) is 19.4 Å². The number of anilines is 1. The fourth-order valence-corrected chi connectivity index (χ4v) is 2.51. The Kier molecular flexibility index (Phi) is 2.87. The zero-order valence-corrected chi connectivity index (χ0v) is 9.36. The van der Waals surface area contributed by atoms with Crippen molar-refractivity contribution < 1.29 is 4.74 Å². The van der Waals surface area contributed by atoms with Crippen LogP contribution in [0, 0.1) is 5.92 Å². The summed E-state index contributed by atoms with van der Waals surface area (Å²) >= 11 is 1.92. The molecule has 76 valence electrons. The normalized spacial score (nSPS) is 20.6. The SMILES string of the molecule is COc1ccc2c(c1)NCC(C)CS2. The molecule has 0 bridgehead atoms. The Balaban J connectivity index is 2.27. The van der Waals surface area contributed by atoms with Crippen molar-refractivity contribution in [2.45, 2.75) is 11.8 Å². The highest BCUT2D eigenvalue weighted by Crippen LogP contribution is 2.34. The number of hydrogen-bond acceptors (Lipinski definition) is 3. The molecular formula is C11H15NOS. The molecule has 14 heavy (non-hydrogen) atoms. The maximum absolute atomic E-state index is 5.20. The highest BCUT2D eigenvalue weighted by Gasteiger charge is 2.12. The minimum absolute atomic E-state index is 0.721. The first-order valence-corrected chi connectivity index (χ1v) is 5.83. The molecule has 1 aliphatic heterocycles. The van der Waals surface area contributed by atoms with Gasteiger partial charge in [-0.25, -0.2) is 0 Å². The van der Waals surface area contributed by atoms with Crippen LogP contribution in [-0.2, 0) is 0 Å². The van der Waals surface area contributed by atoms with Gasteiger partial charge in [0, 0.05) is 23.3 Å². The molecule has 1 aliphatic rings. The Hall–Kier alpha value is -0.830. The molecule has 0 aromatic heterocycles. The quantitative estimate of drug-likeness (QED) is 0.768. The van der Waals surface area contributed by atoms with Gasteiger partial charge in [-0.15, -0.1) is 11.8 Å². The molecule has 2 rings (SSSR count). The summed E-state index contributed by atoms with van der Waals surface area (Å²) in [5, 5.41) is 3.45. The molecule has 3 heteroatoms. The Morgan fingerprint density at radius 1 is 1.50 bits per heavy atom. The number of thioether (sulfide) groups is 1. The van der Waals surface area contributed by atoms with Crippen LogP contribution in [0.2, 0.25) is 0 Å². The van der Waals surface area contributed by atoms with Gasteiger partial charge in [-0.05, 0) is 18.1 Å². The third kappa shape index (κ3) is 1.98. The Morgan fingerprint density at radius 3 is 3.14 bits per heavy atom. The van der Waals surface area contributed by atoms with E-state index in [-0.39, 0.29) is 0 Å². The summed E-state index contributed by atoms with van der Waals surface area (Å²) in [5.41, 5.74) is 1.21. The van der Waals surface area contributed by atoms with Gasteiger partial charge >= 0.3 is 0 Å². The van der Waals surface area contributed by atoms with E-state index in [9.17, 15) is 0 Å². The summed E-state index contributed by atoms with van der Waals surface area (Å²) in [6.45, 7) is 3.32. The smallest absolute Gasteiger partial charge is 0.121 e. The average Bonchev–Trinajstić information content (AvgIpc) is 2.40. The van der Waals surface area contributed by atoms with Crippen molar-refractivity contribution in [2.24, 2.45) is 5.92 Å². The maximum atomic E-state index is 5.20. The molecule has 0 spiro atoms. The third-order valence-corrected chi connectivity index (χ3v) is 3.75. The first kappa shape index (κ1) is 9.71. The van der Waals surface area contributed by atoms with Crippen molar-refractivity contribution in [3.8, 4) is 5.75 Å². The fraction of sp³-hybridized carbons (Fsp3) is 0.455. The van der Waals surface area contributed by atoms with E-state index in [1.807, 2.05) is 17.8 Å². The van der Waals surface area contributed by atoms with Crippen molar-refractivity contribution in [3.63, 3.8) is 0 Å². The Morgan fingerprint density at radius 2 is 2.36 bits per heavy atom. The monoisotopic (exact) mass is 209 g/mol. The summed E-state index contributed by atoms with van der Waals surface area (Å²) in [4.78, 5) is 1.33. The minimum Gasteiger partial charge on any atom is -0.497 e. The summed E-state index contributed by atoms with van der Waals surface area (Å²) in [6, 6.07) is 6.22. The maximum Gasteiger partial charge on any atom is 0.121 e. The topological polar surface area (TPSA) is 21.3 Å². The van der Waals surface area contributed by atoms with Crippen LogP contribution in [0.5, 0.6) is 5.75 Å². The third-order valence-electron chi connectivity index (χ3n) is 2.35. The number of rotatable bonds is 1. The number of ether oxygens (including phenoxy) is 1. The van der Waals surface area contributed by atoms with Gasteiger partial charge in [0.15, 0.2) is 0 Å². The van der Waals surface area contributed by atoms with Gasteiger partial charge in [-0.2, -0.15) is 0 Å².